The molecule has 0 aromatic heterocycles. The zero-order valence-electron chi connectivity index (χ0n) is 15.0. The van der Waals surface area contributed by atoms with Crippen LogP contribution >= 0.6 is 0 Å². The maximum Gasteiger partial charge on any atom is 0.305 e. The number of methoxy groups -OCH3 is 1. The van der Waals surface area contributed by atoms with Gasteiger partial charge in [-0.2, -0.15) is 0 Å². The number of unbranched alkanes of at least 4 members (excludes halogenated alkanes) is 7. The first-order valence-electron chi connectivity index (χ1n) is 8.64. The van der Waals surface area contributed by atoms with E-state index in [-0.39, 0.29) is 17.2 Å². The van der Waals surface area contributed by atoms with E-state index in [1.165, 1.54) is 32.8 Å². The molecule has 3 heteroatoms. The smallest absolute Gasteiger partial charge is 0.305 e. The van der Waals surface area contributed by atoms with Gasteiger partial charge in [-0.3, -0.25) is 9.59 Å². The van der Waals surface area contributed by atoms with Gasteiger partial charge in [-0.15, -0.1) is 0 Å². The Balaban J connectivity index is 3.35. The van der Waals surface area contributed by atoms with Gasteiger partial charge in [0.1, 0.15) is 0 Å². The highest BCUT2D eigenvalue weighted by molar-refractivity contribution is 5.89. The normalized spacial score (nSPS) is 11.8. The molecule has 0 radical (unpaired) electrons. The molecule has 0 heterocycles. The van der Waals surface area contributed by atoms with Crippen LogP contribution in [0.1, 0.15) is 85.0 Å². The standard InChI is InChI=1S/C19H34O3/c1-19(2,3)16-15-17(20)13-11-9-7-5-6-8-10-12-14-18(21)22-4/h15-16H,5-14H2,1-4H3/b16-15+. The molecule has 0 aliphatic carbocycles. The lowest BCUT2D eigenvalue weighted by molar-refractivity contribution is -0.140. The van der Waals surface area contributed by atoms with Crippen LogP contribution in [-0.2, 0) is 14.3 Å². The number of carbonyl (C=O) groups excluding carboxylic acids is 2. The van der Waals surface area contributed by atoms with E-state index < -0.39 is 0 Å². The largest absolute Gasteiger partial charge is 0.469 e. The fourth-order valence-electron chi connectivity index (χ4n) is 2.16. The van der Waals surface area contributed by atoms with Crippen LogP contribution in [0.3, 0.4) is 0 Å². The maximum atomic E-state index is 11.7. The Morgan fingerprint density at radius 2 is 1.27 bits per heavy atom. The van der Waals surface area contributed by atoms with E-state index in [1.54, 1.807) is 6.08 Å². The number of rotatable bonds is 12. The van der Waals surface area contributed by atoms with Crippen molar-refractivity contribution in [3.05, 3.63) is 12.2 Å². The minimum atomic E-state index is -0.106. The third kappa shape index (κ3) is 15.3. The summed E-state index contributed by atoms with van der Waals surface area (Å²) in [5.74, 6) is 0.142. The summed E-state index contributed by atoms with van der Waals surface area (Å²) in [6.07, 6.45) is 13.9. The molecule has 0 aromatic carbocycles. The summed E-state index contributed by atoms with van der Waals surface area (Å²) in [4.78, 5) is 22.6. The summed E-state index contributed by atoms with van der Waals surface area (Å²) in [6, 6.07) is 0. The molecule has 0 fully saturated rings. The fraction of sp³-hybridized carbons (Fsp3) is 0.789. The van der Waals surface area contributed by atoms with E-state index in [1.807, 2.05) is 6.08 Å². The average molecular weight is 310 g/mol. The van der Waals surface area contributed by atoms with Crippen molar-refractivity contribution >= 4 is 11.8 Å². The summed E-state index contributed by atoms with van der Waals surface area (Å²) in [7, 11) is 1.44. The van der Waals surface area contributed by atoms with Crippen LogP contribution in [0.25, 0.3) is 0 Å². The first kappa shape index (κ1) is 20.9. The Morgan fingerprint density at radius 1 is 0.818 bits per heavy atom. The Labute approximate surface area is 136 Å². The van der Waals surface area contributed by atoms with Crippen molar-refractivity contribution in [1.29, 1.82) is 0 Å². The Hall–Kier alpha value is -1.12. The van der Waals surface area contributed by atoms with Gasteiger partial charge in [0.25, 0.3) is 0 Å². The Bertz CT molecular complexity index is 337. The number of carbonyl (C=O) groups is 2. The number of allylic oxidation sites excluding steroid dienone is 2. The molecular weight excluding hydrogens is 276 g/mol. The first-order valence-corrected chi connectivity index (χ1v) is 8.64. The molecule has 0 spiro atoms. The molecule has 0 saturated carbocycles. The number of hydrogen-bond acceptors (Lipinski definition) is 3. The number of ether oxygens (including phenoxy) is 1. The van der Waals surface area contributed by atoms with Gasteiger partial charge < -0.3 is 4.74 Å². The summed E-state index contributed by atoms with van der Waals surface area (Å²) in [5, 5.41) is 0. The average Bonchev–Trinajstić information content (AvgIpc) is 2.46. The van der Waals surface area contributed by atoms with Gasteiger partial charge in [-0.05, 0) is 24.3 Å². The number of hydrogen-bond donors (Lipinski definition) is 0. The highest BCUT2D eigenvalue weighted by Crippen LogP contribution is 2.15. The molecule has 0 saturated heterocycles. The molecule has 0 aliphatic heterocycles. The van der Waals surface area contributed by atoms with Crippen molar-refractivity contribution in [2.75, 3.05) is 7.11 Å². The molecular formula is C19H34O3. The van der Waals surface area contributed by atoms with Crippen molar-refractivity contribution in [1.82, 2.24) is 0 Å². The predicted molar refractivity (Wildman–Crippen MR) is 91.8 cm³/mol. The summed E-state index contributed by atoms with van der Waals surface area (Å²) < 4.78 is 4.61. The van der Waals surface area contributed by atoms with Crippen LogP contribution in [0.5, 0.6) is 0 Å². The van der Waals surface area contributed by atoms with E-state index in [4.69, 9.17) is 0 Å². The lowest BCUT2D eigenvalue weighted by atomic mass is 9.95. The topological polar surface area (TPSA) is 43.4 Å². The molecule has 0 atom stereocenters. The van der Waals surface area contributed by atoms with Crippen LogP contribution < -0.4 is 0 Å². The summed E-state index contributed by atoms with van der Waals surface area (Å²) in [6.45, 7) is 6.30. The van der Waals surface area contributed by atoms with Gasteiger partial charge in [0.15, 0.2) is 5.78 Å². The maximum absolute atomic E-state index is 11.7. The number of ketones is 1. The molecule has 0 aromatic rings. The third-order valence-electron chi connectivity index (χ3n) is 3.55. The van der Waals surface area contributed by atoms with E-state index in [0.717, 1.165) is 25.7 Å². The quantitative estimate of drug-likeness (QED) is 0.281. The second-order valence-corrected chi connectivity index (χ2v) is 7.07. The molecule has 128 valence electrons. The molecule has 22 heavy (non-hydrogen) atoms. The third-order valence-corrected chi connectivity index (χ3v) is 3.55. The fourth-order valence-corrected chi connectivity index (χ4v) is 2.16. The van der Waals surface area contributed by atoms with Gasteiger partial charge >= 0.3 is 5.97 Å². The molecule has 3 nitrogen and oxygen atoms in total. The lowest BCUT2D eigenvalue weighted by Crippen LogP contribution is -2.01. The van der Waals surface area contributed by atoms with Gasteiger partial charge in [0.2, 0.25) is 0 Å². The molecule has 0 bridgehead atoms. The number of esters is 1. The molecule has 0 amide bonds. The predicted octanol–water partition coefficient (Wildman–Crippen LogP) is 5.23. The first-order chi connectivity index (χ1) is 10.3. The highest BCUT2D eigenvalue weighted by Gasteiger charge is 2.05. The van der Waals surface area contributed by atoms with Crippen molar-refractivity contribution in [3.8, 4) is 0 Å². The second-order valence-electron chi connectivity index (χ2n) is 7.07. The Morgan fingerprint density at radius 3 is 1.73 bits per heavy atom. The zero-order valence-corrected chi connectivity index (χ0v) is 15.0. The minimum absolute atomic E-state index is 0.0868. The van der Waals surface area contributed by atoms with Crippen molar-refractivity contribution < 1.29 is 14.3 Å². The van der Waals surface area contributed by atoms with Crippen LogP contribution in [0.4, 0.5) is 0 Å². The summed E-state index contributed by atoms with van der Waals surface area (Å²) in [5.41, 5.74) is 0.0868. The van der Waals surface area contributed by atoms with Crippen LogP contribution in [-0.4, -0.2) is 18.9 Å². The van der Waals surface area contributed by atoms with E-state index >= 15 is 0 Å². The van der Waals surface area contributed by atoms with E-state index in [9.17, 15) is 9.59 Å². The van der Waals surface area contributed by atoms with Crippen molar-refractivity contribution in [2.45, 2.75) is 85.0 Å². The van der Waals surface area contributed by atoms with Gasteiger partial charge in [0.05, 0.1) is 7.11 Å². The van der Waals surface area contributed by atoms with Crippen LogP contribution in [0.2, 0.25) is 0 Å². The summed E-state index contributed by atoms with van der Waals surface area (Å²) >= 11 is 0. The van der Waals surface area contributed by atoms with Crippen molar-refractivity contribution in [3.63, 3.8) is 0 Å². The van der Waals surface area contributed by atoms with Crippen LogP contribution in [0.15, 0.2) is 12.2 Å². The Kier molecular flexibility index (Phi) is 11.8. The zero-order chi connectivity index (χ0) is 16.8. The van der Waals surface area contributed by atoms with Gasteiger partial charge in [-0.1, -0.05) is 65.4 Å². The lowest BCUT2D eigenvalue weighted by Gasteiger charge is -2.10. The molecule has 0 N–H and O–H groups in total. The second kappa shape index (κ2) is 12.4. The molecule has 0 rings (SSSR count). The van der Waals surface area contributed by atoms with Gasteiger partial charge in [-0.25, -0.2) is 0 Å². The monoisotopic (exact) mass is 310 g/mol. The minimum Gasteiger partial charge on any atom is -0.469 e. The van der Waals surface area contributed by atoms with Crippen LogP contribution in [0, 0.1) is 5.41 Å². The van der Waals surface area contributed by atoms with E-state index in [2.05, 4.69) is 25.5 Å². The van der Waals surface area contributed by atoms with Crippen molar-refractivity contribution in [2.24, 2.45) is 5.41 Å². The SMILES string of the molecule is COC(=O)CCCCCCCCCCC(=O)/C=C/C(C)(C)C. The molecule has 0 unspecified atom stereocenters. The highest BCUT2D eigenvalue weighted by atomic mass is 16.5. The van der Waals surface area contributed by atoms with Gasteiger partial charge in [0, 0.05) is 12.8 Å². The molecule has 0 aliphatic rings. The van der Waals surface area contributed by atoms with E-state index in [0.29, 0.717) is 12.8 Å².